The summed E-state index contributed by atoms with van der Waals surface area (Å²) >= 11 is 5.78. The summed E-state index contributed by atoms with van der Waals surface area (Å²) in [6, 6.07) is 11.3. The summed E-state index contributed by atoms with van der Waals surface area (Å²) in [6.45, 7) is 0.291. The highest BCUT2D eigenvalue weighted by Gasteiger charge is 2.19. The minimum absolute atomic E-state index is 0.0392. The van der Waals surface area contributed by atoms with E-state index in [0.717, 1.165) is 0 Å². The number of ether oxygens (including phenoxy) is 3. The van der Waals surface area contributed by atoms with E-state index < -0.39 is 10.0 Å². The molecule has 0 radical (unpaired) electrons. The lowest BCUT2D eigenvalue weighted by Gasteiger charge is -2.12. The molecule has 2 rings (SSSR count). The molecule has 0 saturated carbocycles. The molecule has 0 amide bonds. The lowest BCUT2D eigenvalue weighted by Crippen LogP contribution is -2.28. The second kappa shape index (κ2) is 8.23. The van der Waals surface area contributed by atoms with Gasteiger partial charge >= 0.3 is 0 Å². The number of rotatable bonds is 8. The number of benzene rings is 2. The Morgan fingerprint density at radius 2 is 1.67 bits per heavy atom. The molecule has 0 aromatic heterocycles. The van der Waals surface area contributed by atoms with E-state index >= 15 is 0 Å². The topological polar surface area (TPSA) is 73.9 Å². The van der Waals surface area contributed by atoms with Crippen LogP contribution in [-0.4, -0.2) is 35.8 Å². The Morgan fingerprint density at radius 3 is 2.29 bits per heavy atom. The Morgan fingerprint density at radius 1 is 1.00 bits per heavy atom. The summed E-state index contributed by atoms with van der Waals surface area (Å²) in [4.78, 5) is 0.0392. The lowest BCUT2D eigenvalue weighted by atomic mass is 10.3. The van der Waals surface area contributed by atoms with Gasteiger partial charge < -0.3 is 14.2 Å². The highest BCUT2D eigenvalue weighted by Crippen LogP contribution is 2.28. The standard InChI is InChI=1S/C16H18ClNO5S/c1-21-14-7-8-16(15(11-14)22-2)24(19,20)18-9-10-23-13-5-3-12(17)4-6-13/h3-8,11,18H,9-10H2,1-2H3. The van der Waals surface area contributed by atoms with Gasteiger partial charge in [0.1, 0.15) is 28.8 Å². The molecule has 130 valence electrons. The van der Waals surface area contributed by atoms with Gasteiger partial charge in [-0.3, -0.25) is 0 Å². The molecule has 0 fully saturated rings. The Kier molecular flexibility index (Phi) is 6.30. The van der Waals surface area contributed by atoms with Crippen LogP contribution < -0.4 is 18.9 Å². The smallest absolute Gasteiger partial charge is 0.244 e. The zero-order chi connectivity index (χ0) is 17.6. The highest BCUT2D eigenvalue weighted by molar-refractivity contribution is 7.89. The average molecular weight is 372 g/mol. The van der Waals surface area contributed by atoms with Crippen molar-refractivity contribution in [2.75, 3.05) is 27.4 Å². The minimum atomic E-state index is -3.72. The third-order valence-electron chi connectivity index (χ3n) is 3.14. The summed E-state index contributed by atoms with van der Waals surface area (Å²) in [5.41, 5.74) is 0. The molecule has 0 atom stereocenters. The molecule has 1 N–H and O–H groups in total. The minimum Gasteiger partial charge on any atom is -0.497 e. The third kappa shape index (κ3) is 4.77. The molecule has 8 heteroatoms. The SMILES string of the molecule is COc1ccc(S(=O)(=O)NCCOc2ccc(Cl)cc2)c(OC)c1. The molecule has 2 aromatic carbocycles. The molecule has 0 saturated heterocycles. The van der Waals surface area contributed by atoms with Crippen molar-refractivity contribution in [1.29, 1.82) is 0 Å². The van der Waals surface area contributed by atoms with E-state index in [2.05, 4.69) is 4.72 Å². The Balaban J connectivity index is 1.97. The number of nitrogens with one attached hydrogen (secondary N) is 1. The number of hydrogen-bond acceptors (Lipinski definition) is 5. The average Bonchev–Trinajstić information content (AvgIpc) is 2.59. The first-order valence-corrected chi connectivity index (χ1v) is 8.92. The Labute approximate surface area is 146 Å². The van der Waals surface area contributed by atoms with Crippen LogP contribution in [0.4, 0.5) is 0 Å². The first-order valence-electron chi connectivity index (χ1n) is 7.06. The van der Waals surface area contributed by atoms with Gasteiger partial charge in [0.2, 0.25) is 10.0 Å². The maximum absolute atomic E-state index is 12.4. The molecule has 0 bridgehead atoms. The van der Waals surface area contributed by atoms with Gasteiger partial charge in [-0.2, -0.15) is 0 Å². The fourth-order valence-corrected chi connectivity index (χ4v) is 3.24. The predicted molar refractivity (Wildman–Crippen MR) is 91.7 cm³/mol. The van der Waals surface area contributed by atoms with Crippen LogP contribution >= 0.6 is 11.6 Å². The van der Waals surface area contributed by atoms with E-state index in [9.17, 15) is 8.42 Å². The zero-order valence-electron chi connectivity index (χ0n) is 13.3. The van der Waals surface area contributed by atoms with Crippen LogP contribution in [0.2, 0.25) is 5.02 Å². The fraction of sp³-hybridized carbons (Fsp3) is 0.250. The summed E-state index contributed by atoms with van der Waals surface area (Å²) < 4.78 is 42.8. The van der Waals surface area contributed by atoms with Crippen molar-refractivity contribution in [2.45, 2.75) is 4.90 Å². The van der Waals surface area contributed by atoms with Gasteiger partial charge in [0, 0.05) is 17.6 Å². The van der Waals surface area contributed by atoms with Crippen molar-refractivity contribution in [3.8, 4) is 17.2 Å². The maximum Gasteiger partial charge on any atom is 0.244 e. The molecule has 2 aromatic rings. The molecular formula is C16H18ClNO5S. The molecule has 6 nitrogen and oxygen atoms in total. The van der Waals surface area contributed by atoms with Crippen molar-refractivity contribution in [3.63, 3.8) is 0 Å². The van der Waals surface area contributed by atoms with Crippen molar-refractivity contribution >= 4 is 21.6 Å². The molecular weight excluding hydrogens is 354 g/mol. The van der Waals surface area contributed by atoms with Crippen LogP contribution in [0.5, 0.6) is 17.2 Å². The van der Waals surface area contributed by atoms with Gasteiger partial charge in [-0.15, -0.1) is 0 Å². The van der Waals surface area contributed by atoms with E-state index in [1.165, 1.54) is 26.4 Å². The molecule has 0 aliphatic rings. The number of sulfonamides is 1. The molecule has 0 heterocycles. The van der Waals surface area contributed by atoms with Crippen molar-refractivity contribution in [2.24, 2.45) is 0 Å². The number of halogens is 1. The molecule has 0 aliphatic carbocycles. The normalized spacial score (nSPS) is 11.1. The van der Waals surface area contributed by atoms with Crippen molar-refractivity contribution in [3.05, 3.63) is 47.5 Å². The second-order valence-electron chi connectivity index (χ2n) is 4.72. The van der Waals surface area contributed by atoms with Crippen LogP contribution in [0.3, 0.4) is 0 Å². The van der Waals surface area contributed by atoms with Crippen molar-refractivity contribution in [1.82, 2.24) is 4.72 Å². The Hall–Kier alpha value is -1.96. The van der Waals surface area contributed by atoms with Crippen molar-refractivity contribution < 1.29 is 22.6 Å². The van der Waals surface area contributed by atoms with Crippen LogP contribution in [0.25, 0.3) is 0 Å². The van der Waals surface area contributed by atoms with Crippen LogP contribution in [-0.2, 0) is 10.0 Å². The molecule has 24 heavy (non-hydrogen) atoms. The van der Waals surface area contributed by atoms with Gasteiger partial charge in [-0.1, -0.05) is 11.6 Å². The van der Waals surface area contributed by atoms with Gasteiger partial charge in [0.25, 0.3) is 0 Å². The quantitative estimate of drug-likeness (QED) is 0.722. The Bertz CT molecular complexity index is 778. The first kappa shape index (κ1) is 18.4. The van der Waals surface area contributed by atoms with Gasteiger partial charge in [0.05, 0.1) is 14.2 Å². The van der Waals surface area contributed by atoms with Crippen LogP contribution in [0.15, 0.2) is 47.4 Å². The predicted octanol–water partition coefficient (Wildman–Crippen LogP) is 2.71. The molecule has 0 spiro atoms. The summed E-state index contributed by atoms with van der Waals surface area (Å²) in [7, 11) is -0.825. The van der Waals surface area contributed by atoms with Gasteiger partial charge in [-0.05, 0) is 36.4 Å². The van der Waals surface area contributed by atoms with Crippen LogP contribution in [0, 0.1) is 0 Å². The van der Waals surface area contributed by atoms with Gasteiger partial charge in [-0.25, -0.2) is 13.1 Å². The third-order valence-corrected chi connectivity index (χ3v) is 4.89. The molecule has 0 unspecified atom stereocenters. The monoisotopic (exact) mass is 371 g/mol. The fourth-order valence-electron chi connectivity index (χ4n) is 1.95. The number of methoxy groups -OCH3 is 2. The van der Waals surface area contributed by atoms with E-state index in [4.69, 9.17) is 25.8 Å². The maximum atomic E-state index is 12.4. The number of hydrogen-bond donors (Lipinski definition) is 1. The van der Waals surface area contributed by atoms with E-state index in [1.54, 1.807) is 30.3 Å². The lowest BCUT2D eigenvalue weighted by molar-refractivity contribution is 0.322. The van der Waals surface area contributed by atoms with E-state index in [-0.39, 0.29) is 23.8 Å². The summed E-state index contributed by atoms with van der Waals surface area (Å²) in [5.74, 6) is 1.33. The van der Waals surface area contributed by atoms with Gasteiger partial charge in [0.15, 0.2) is 0 Å². The van der Waals surface area contributed by atoms with Crippen LogP contribution in [0.1, 0.15) is 0 Å². The largest absolute Gasteiger partial charge is 0.497 e. The van der Waals surface area contributed by atoms with E-state index in [0.29, 0.717) is 16.5 Å². The molecule has 0 aliphatic heterocycles. The highest BCUT2D eigenvalue weighted by atomic mass is 35.5. The summed E-state index contributed by atoms with van der Waals surface area (Å²) in [5, 5.41) is 0.606. The second-order valence-corrected chi connectivity index (χ2v) is 6.89. The van der Waals surface area contributed by atoms with E-state index in [1.807, 2.05) is 0 Å². The summed E-state index contributed by atoms with van der Waals surface area (Å²) in [6.07, 6.45) is 0. The zero-order valence-corrected chi connectivity index (χ0v) is 14.9. The first-order chi connectivity index (χ1) is 11.5.